The molecular weight excluding hydrogens is 232 g/mol. The van der Waals surface area contributed by atoms with Crippen LogP contribution in [0.2, 0.25) is 0 Å². The topological polar surface area (TPSA) is 100 Å². The molecule has 7 nitrogen and oxygen atoms in total. The van der Waals surface area contributed by atoms with E-state index in [4.69, 9.17) is 9.88 Å². The molecular formula is C8H16N4O3S. The monoisotopic (exact) mass is 248 g/mol. The number of hydrogen-bond acceptors (Lipinski definition) is 5. The molecule has 0 unspecified atom stereocenters. The molecule has 8 heteroatoms. The SMILES string of the molecule is CCOc1nnc(S(N)(=O)=O)n1C(C)(C)C. The van der Waals surface area contributed by atoms with Crippen LogP contribution in [0.1, 0.15) is 27.7 Å². The van der Waals surface area contributed by atoms with Crippen molar-refractivity contribution in [2.24, 2.45) is 5.14 Å². The highest BCUT2D eigenvalue weighted by atomic mass is 32.2. The Kier molecular flexibility index (Phi) is 3.25. The maximum absolute atomic E-state index is 11.3. The summed E-state index contributed by atoms with van der Waals surface area (Å²) in [5.74, 6) is 0. The first kappa shape index (κ1) is 12.9. The minimum atomic E-state index is -3.90. The third-order valence-electron chi connectivity index (χ3n) is 1.80. The smallest absolute Gasteiger partial charge is 0.318 e. The Morgan fingerprint density at radius 3 is 2.31 bits per heavy atom. The van der Waals surface area contributed by atoms with Gasteiger partial charge in [0.1, 0.15) is 0 Å². The van der Waals surface area contributed by atoms with Gasteiger partial charge in [-0.25, -0.2) is 13.6 Å². The second kappa shape index (κ2) is 4.02. The number of nitrogens with zero attached hydrogens (tertiary/aromatic N) is 3. The van der Waals surface area contributed by atoms with Crippen molar-refractivity contribution in [3.63, 3.8) is 0 Å². The highest BCUT2D eigenvalue weighted by Crippen LogP contribution is 2.24. The van der Waals surface area contributed by atoms with Crippen LogP contribution in [0.3, 0.4) is 0 Å². The molecule has 0 saturated heterocycles. The molecule has 0 saturated carbocycles. The standard InChI is InChI=1S/C8H16N4O3S/c1-5-15-6-10-11-7(16(9,13)14)12(6)8(2,3)4/h5H2,1-4H3,(H2,9,13,14). The predicted molar refractivity (Wildman–Crippen MR) is 57.6 cm³/mol. The van der Waals surface area contributed by atoms with Crippen LogP contribution >= 0.6 is 0 Å². The average molecular weight is 248 g/mol. The van der Waals surface area contributed by atoms with E-state index in [2.05, 4.69) is 10.2 Å². The number of aromatic nitrogens is 3. The van der Waals surface area contributed by atoms with Crippen molar-refractivity contribution in [1.82, 2.24) is 14.8 Å². The third-order valence-corrected chi connectivity index (χ3v) is 2.58. The van der Waals surface area contributed by atoms with Crippen LogP contribution in [0.4, 0.5) is 0 Å². The Morgan fingerprint density at radius 1 is 1.38 bits per heavy atom. The predicted octanol–water partition coefficient (Wildman–Crippen LogP) is 0.0792. The van der Waals surface area contributed by atoms with Gasteiger partial charge in [-0.2, -0.15) is 0 Å². The second-order valence-corrected chi connectivity index (χ2v) is 5.70. The lowest BCUT2D eigenvalue weighted by Crippen LogP contribution is -2.29. The van der Waals surface area contributed by atoms with Crippen LogP contribution in [0.5, 0.6) is 6.01 Å². The summed E-state index contributed by atoms with van der Waals surface area (Å²) in [6, 6.07) is 0.152. The van der Waals surface area contributed by atoms with E-state index >= 15 is 0 Å². The van der Waals surface area contributed by atoms with Crippen molar-refractivity contribution >= 4 is 10.0 Å². The summed E-state index contributed by atoms with van der Waals surface area (Å²) in [4.78, 5) is 0. The Hall–Kier alpha value is -1.15. The fraction of sp³-hybridized carbons (Fsp3) is 0.750. The molecule has 1 aromatic rings. The molecule has 0 bridgehead atoms. The highest BCUT2D eigenvalue weighted by molar-refractivity contribution is 7.89. The Labute approximate surface area is 94.7 Å². The van der Waals surface area contributed by atoms with Crippen molar-refractivity contribution in [1.29, 1.82) is 0 Å². The second-order valence-electron chi connectivity index (χ2n) is 4.25. The fourth-order valence-electron chi connectivity index (χ4n) is 1.24. The minimum Gasteiger partial charge on any atom is -0.464 e. The molecule has 0 spiro atoms. The summed E-state index contributed by atoms with van der Waals surface area (Å²) < 4.78 is 29.2. The number of primary sulfonamides is 1. The van der Waals surface area contributed by atoms with Crippen molar-refractivity contribution < 1.29 is 13.2 Å². The molecule has 0 fully saturated rings. The average Bonchev–Trinajstić information content (AvgIpc) is 2.46. The maximum Gasteiger partial charge on any atom is 0.318 e. The zero-order valence-electron chi connectivity index (χ0n) is 9.76. The lowest BCUT2D eigenvalue weighted by molar-refractivity contribution is 0.250. The van der Waals surface area contributed by atoms with E-state index in [0.29, 0.717) is 6.61 Å². The quantitative estimate of drug-likeness (QED) is 0.816. The highest BCUT2D eigenvalue weighted by Gasteiger charge is 2.29. The van der Waals surface area contributed by atoms with E-state index in [1.54, 1.807) is 6.92 Å². The van der Waals surface area contributed by atoms with E-state index in [1.165, 1.54) is 4.57 Å². The van der Waals surface area contributed by atoms with Crippen molar-refractivity contribution in [3.8, 4) is 6.01 Å². The van der Waals surface area contributed by atoms with Crippen molar-refractivity contribution in [3.05, 3.63) is 0 Å². The van der Waals surface area contributed by atoms with Gasteiger partial charge in [-0.15, -0.1) is 5.10 Å². The molecule has 16 heavy (non-hydrogen) atoms. The third kappa shape index (κ3) is 2.50. The zero-order chi connectivity index (χ0) is 12.6. The van der Waals surface area contributed by atoms with Crippen LogP contribution in [-0.2, 0) is 15.6 Å². The summed E-state index contributed by atoms with van der Waals surface area (Å²) >= 11 is 0. The van der Waals surface area contributed by atoms with Crippen LogP contribution in [-0.4, -0.2) is 29.8 Å². The van der Waals surface area contributed by atoms with Crippen molar-refractivity contribution in [2.75, 3.05) is 6.61 Å². The molecule has 0 radical (unpaired) electrons. The first-order valence-corrected chi connectivity index (χ1v) is 6.34. The van der Waals surface area contributed by atoms with E-state index < -0.39 is 15.6 Å². The first-order chi connectivity index (χ1) is 7.18. The lowest BCUT2D eigenvalue weighted by atomic mass is 10.1. The number of nitrogens with two attached hydrogens (primary N) is 1. The first-order valence-electron chi connectivity index (χ1n) is 4.79. The van der Waals surface area contributed by atoms with Crippen LogP contribution in [0.25, 0.3) is 0 Å². The molecule has 1 aromatic heterocycles. The molecule has 0 atom stereocenters. The number of sulfonamides is 1. The Morgan fingerprint density at radius 2 is 1.94 bits per heavy atom. The van der Waals surface area contributed by atoms with Gasteiger partial charge in [0.15, 0.2) is 0 Å². The number of ether oxygens (including phenoxy) is 1. The summed E-state index contributed by atoms with van der Waals surface area (Å²) in [7, 11) is -3.90. The van der Waals surface area contributed by atoms with E-state index in [9.17, 15) is 8.42 Å². The van der Waals surface area contributed by atoms with Gasteiger partial charge < -0.3 is 4.74 Å². The van der Waals surface area contributed by atoms with Gasteiger partial charge in [-0.05, 0) is 27.7 Å². The van der Waals surface area contributed by atoms with Gasteiger partial charge in [0.05, 0.1) is 6.61 Å². The molecule has 0 aliphatic heterocycles. The molecule has 0 aliphatic carbocycles. The van der Waals surface area contributed by atoms with Crippen LogP contribution in [0, 0.1) is 0 Å². The summed E-state index contributed by atoms with van der Waals surface area (Å²) in [6.07, 6.45) is 0. The van der Waals surface area contributed by atoms with Crippen LogP contribution < -0.4 is 9.88 Å². The molecule has 1 heterocycles. The normalized spacial score (nSPS) is 12.8. The molecule has 92 valence electrons. The number of rotatable bonds is 3. The van der Waals surface area contributed by atoms with Gasteiger partial charge in [0, 0.05) is 5.54 Å². The zero-order valence-corrected chi connectivity index (χ0v) is 10.6. The van der Waals surface area contributed by atoms with E-state index in [-0.39, 0.29) is 11.2 Å². The summed E-state index contributed by atoms with van der Waals surface area (Å²) in [5.41, 5.74) is -0.532. The largest absolute Gasteiger partial charge is 0.464 e. The summed E-state index contributed by atoms with van der Waals surface area (Å²) in [5, 5.41) is 12.0. The van der Waals surface area contributed by atoms with Crippen molar-refractivity contribution in [2.45, 2.75) is 38.4 Å². The molecule has 2 N–H and O–H groups in total. The molecule has 0 aromatic carbocycles. The molecule has 0 amide bonds. The van der Waals surface area contributed by atoms with Gasteiger partial charge in [-0.3, -0.25) is 4.57 Å². The minimum absolute atomic E-state index is 0.152. The van der Waals surface area contributed by atoms with Gasteiger partial charge >= 0.3 is 6.01 Å². The van der Waals surface area contributed by atoms with E-state index in [0.717, 1.165) is 0 Å². The Balaban J connectivity index is 3.43. The maximum atomic E-state index is 11.3. The Bertz CT molecular complexity index is 472. The van der Waals surface area contributed by atoms with E-state index in [1.807, 2.05) is 20.8 Å². The van der Waals surface area contributed by atoms with Gasteiger partial charge in [-0.1, -0.05) is 5.10 Å². The van der Waals surface area contributed by atoms with Crippen LogP contribution in [0.15, 0.2) is 5.16 Å². The lowest BCUT2D eigenvalue weighted by Gasteiger charge is -2.23. The number of hydrogen-bond donors (Lipinski definition) is 1. The summed E-state index contributed by atoms with van der Waals surface area (Å²) in [6.45, 7) is 7.59. The fourth-order valence-corrected chi connectivity index (χ4v) is 2.00. The van der Waals surface area contributed by atoms with Gasteiger partial charge in [0.2, 0.25) is 0 Å². The molecule has 0 aliphatic rings. The van der Waals surface area contributed by atoms with Gasteiger partial charge in [0.25, 0.3) is 15.2 Å². The molecule has 1 rings (SSSR count).